The second kappa shape index (κ2) is 21.6. The number of nitrogens with zero attached hydrogens (tertiary/aromatic N) is 14. The molecule has 9 heterocycles. The van der Waals surface area contributed by atoms with Gasteiger partial charge in [-0.3, -0.25) is 0 Å². The highest BCUT2D eigenvalue weighted by molar-refractivity contribution is 6.30. The number of anilines is 3. The molecule has 1 amide bonds. The molecule has 0 spiro atoms. The number of amides is 1. The third kappa shape index (κ3) is 12.5. The van der Waals surface area contributed by atoms with Crippen molar-refractivity contribution in [1.29, 1.82) is 0 Å². The third-order valence-corrected chi connectivity index (χ3v) is 11.3. The van der Waals surface area contributed by atoms with Gasteiger partial charge in [-0.05, 0) is 113 Å². The molecule has 6 aromatic heterocycles. The number of halogens is 3. The smallest absolute Gasteiger partial charge is 0.410 e. The fourth-order valence-corrected chi connectivity index (χ4v) is 8.04. The van der Waals surface area contributed by atoms with Crippen molar-refractivity contribution in [1.82, 2.24) is 74.6 Å². The van der Waals surface area contributed by atoms with Crippen LogP contribution >= 0.6 is 34.8 Å². The van der Waals surface area contributed by atoms with Gasteiger partial charge in [-0.1, -0.05) is 34.8 Å². The van der Waals surface area contributed by atoms with E-state index in [1.165, 1.54) is 0 Å². The van der Waals surface area contributed by atoms with Crippen molar-refractivity contribution in [2.75, 3.05) is 62.3 Å². The second-order valence-electron chi connectivity index (χ2n) is 16.9. The monoisotopic (exact) mass is 942 g/mol. The van der Waals surface area contributed by atoms with Crippen LogP contribution in [0.15, 0.2) is 18.2 Å². The molecule has 0 aliphatic carbocycles. The van der Waals surface area contributed by atoms with E-state index in [2.05, 4.69) is 79.1 Å². The molecule has 6 aromatic rings. The van der Waals surface area contributed by atoms with Crippen molar-refractivity contribution in [3.8, 4) is 0 Å². The first-order valence-electron chi connectivity index (χ1n) is 21.2. The van der Waals surface area contributed by atoms with Gasteiger partial charge in [0.25, 0.3) is 0 Å². The van der Waals surface area contributed by atoms with E-state index in [1.54, 1.807) is 24.5 Å². The predicted octanol–water partition coefficient (Wildman–Crippen LogP) is 5.55. The van der Waals surface area contributed by atoms with Gasteiger partial charge in [0, 0.05) is 49.4 Å². The van der Waals surface area contributed by atoms with E-state index in [1.807, 2.05) is 60.5 Å². The lowest BCUT2D eigenvalue weighted by atomic mass is 10.1. The molecule has 24 heteroatoms. The second-order valence-corrected chi connectivity index (χ2v) is 18.0. The molecule has 64 heavy (non-hydrogen) atoms. The average molecular weight is 944 g/mol. The van der Waals surface area contributed by atoms with Crippen molar-refractivity contribution in [2.45, 2.75) is 104 Å². The normalized spacial score (nSPS) is 16.6. The molecule has 0 aromatic carbocycles. The van der Waals surface area contributed by atoms with Gasteiger partial charge in [0.05, 0.1) is 17.1 Å². The van der Waals surface area contributed by atoms with Gasteiger partial charge in [0.2, 0.25) is 16.9 Å². The number of ether oxygens (including phenoxy) is 1. The van der Waals surface area contributed by atoms with Gasteiger partial charge in [0.15, 0.2) is 32.9 Å². The number of carbonyl (C=O) groups is 2. The first kappa shape index (κ1) is 48.2. The Labute approximate surface area is 386 Å². The molecule has 0 bridgehead atoms. The maximum absolute atomic E-state index is 12.1. The Bertz CT molecular complexity index is 2490. The number of rotatable bonds is 6. The highest BCUT2D eigenvalue weighted by Gasteiger charge is 2.28. The molecular formula is C40H57Cl3N18O3. The fourth-order valence-electron chi connectivity index (χ4n) is 7.49. The minimum absolute atomic E-state index is 0.220. The van der Waals surface area contributed by atoms with E-state index in [0.29, 0.717) is 52.1 Å². The number of aryl methyl sites for hydroxylation is 3. The predicted molar refractivity (Wildman–Crippen MR) is 247 cm³/mol. The summed E-state index contributed by atoms with van der Waals surface area (Å²) in [7, 11) is 2.15. The molecule has 9 rings (SSSR count). The molecule has 3 fully saturated rings. The Hall–Kier alpha value is -5.22. The van der Waals surface area contributed by atoms with E-state index in [0.717, 1.165) is 105 Å². The summed E-state index contributed by atoms with van der Waals surface area (Å²) < 4.78 is 10.4. The molecule has 346 valence electrons. The zero-order valence-electron chi connectivity index (χ0n) is 37.3. The van der Waals surface area contributed by atoms with Crippen LogP contribution in [0.5, 0.6) is 0 Å². The molecule has 0 atom stereocenters. The first-order valence-corrected chi connectivity index (χ1v) is 22.3. The van der Waals surface area contributed by atoms with E-state index < -0.39 is 5.60 Å². The quantitative estimate of drug-likeness (QED) is 0.160. The van der Waals surface area contributed by atoms with Crippen molar-refractivity contribution in [3.63, 3.8) is 0 Å². The van der Waals surface area contributed by atoms with Crippen LogP contribution in [0.1, 0.15) is 76.8 Å². The van der Waals surface area contributed by atoms with Crippen LogP contribution in [0.3, 0.4) is 0 Å². The van der Waals surface area contributed by atoms with Gasteiger partial charge in [-0.15, -0.1) is 30.6 Å². The summed E-state index contributed by atoms with van der Waals surface area (Å²) in [5.41, 5.74) is 4.26. The van der Waals surface area contributed by atoms with Gasteiger partial charge in [0.1, 0.15) is 12.4 Å². The molecule has 21 nitrogen and oxygen atoms in total. The summed E-state index contributed by atoms with van der Waals surface area (Å²) in [5.74, 6) is 2.16. The standard InChI is InChI=1S/C16H23ClN6O2.C12H17ClN6.C11H15ClN6.CH2O/c1-10-19-20-14-12(9-13(17)21-23(10)14)18-11-5-7-22(8-6-11)15(24)25-16(2,3)4;1-8-15-16-12-10(7-11(13)17-19(8)12)14-9-3-5-18(2)6-4-9;1-7-15-16-11-9(6-10(12)17-18(7)11)14-8-2-4-13-5-3-8;1-2/h9,11,18H,5-8H2,1-4H3;7,9,14H,3-6H2,1-2H3;6,8,13-14H,2-5H2,1H3;1H2. The number of hydrogen-bond donors (Lipinski definition) is 4. The van der Waals surface area contributed by atoms with Crippen LogP contribution in [0.4, 0.5) is 21.9 Å². The lowest BCUT2D eigenvalue weighted by molar-refractivity contribution is -0.0980. The maximum atomic E-state index is 12.1. The number of aromatic nitrogens is 12. The molecule has 4 N–H and O–H groups in total. The Morgan fingerprint density at radius 2 is 0.969 bits per heavy atom. The summed E-state index contributed by atoms with van der Waals surface area (Å²) in [4.78, 5) is 24.2. The molecular weight excluding hydrogens is 887 g/mol. The molecule has 3 aliphatic heterocycles. The summed E-state index contributed by atoms with van der Waals surface area (Å²) in [6.07, 6.45) is 5.81. The van der Waals surface area contributed by atoms with Crippen molar-refractivity contribution in [2.24, 2.45) is 0 Å². The first-order chi connectivity index (χ1) is 30.6. The lowest BCUT2D eigenvalue weighted by Crippen LogP contribution is -2.44. The summed E-state index contributed by atoms with van der Waals surface area (Å²) in [5, 5.41) is 52.3. The minimum atomic E-state index is -0.475. The number of carbonyl (C=O) groups excluding carboxylic acids is 2. The summed E-state index contributed by atoms with van der Waals surface area (Å²) in [6, 6.07) is 6.51. The lowest BCUT2D eigenvalue weighted by Gasteiger charge is -2.34. The Morgan fingerprint density at radius 1 is 0.625 bits per heavy atom. The summed E-state index contributed by atoms with van der Waals surface area (Å²) in [6.45, 7) is 18.8. The Kier molecular flexibility index (Phi) is 16.3. The van der Waals surface area contributed by atoms with E-state index in [4.69, 9.17) is 44.3 Å². The Balaban J connectivity index is 0.000000159. The molecule has 0 radical (unpaired) electrons. The maximum Gasteiger partial charge on any atom is 0.410 e. The van der Waals surface area contributed by atoms with Crippen LogP contribution in [0.25, 0.3) is 16.9 Å². The average Bonchev–Trinajstić information content (AvgIpc) is 3.95. The highest BCUT2D eigenvalue weighted by Crippen LogP contribution is 2.26. The van der Waals surface area contributed by atoms with Gasteiger partial charge < -0.3 is 40.6 Å². The SMILES string of the molecule is C=O.Cc1nnc2c(NC3CCN(C(=O)OC(C)(C)C)CC3)cc(Cl)nn12.Cc1nnc2c(NC3CCN(C)CC3)cc(Cl)nn12.Cc1nnc2c(NC3CCNCC3)cc(Cl)nn12. The fraction of sp³-hybridized carbons (Fsp3) is 0.575. The van der Waals surface area contributed by atoms with Crippen molar-refractivity contribution < 1.29 is 14.3 Å². The highest BCUT2D eigenvalue weighted by atomic mass is 35.5. The van der Waals surface area contributed by atoms with Crippen LogP contribution in [-0.2, 0) is 9.53 Å². The van der Waals surface area contributed by atoms with Gasteiger partial charge in [-0.25, -0.2) is 4.79 Å². The van der Waals surface area contributed by atoms with Crippen LogP contribution in [0, 0.1) is 20.8 Å². The van der Waals surface area contributed by atoms with Gasteiger partial charge in [-0.2, -0.15) is 28.8 Å². The topological polar surface area (TPSA) is 227 Å². The molecule has 3 saturated heterocycles. The molecule has 0 unspecified atom stereocenters. The number of piperidine rings is 3. The number of nitrogens with one attached hydrogen (secondary N) is 4. The third-order valence-electron chi connectivity index (χ3n) is 10.8. The van der Waals surface area contributed by atoms with E-state index >= 15 is 0 Å². The zero-order valence-corrected chi connectivity index (χ0v) is 39.5. The number of hydrogen-bond acceptors (Lipinski definition) is 17. The number of likely N-dealkylation sites (tertiary alicyclic amines) is 2. The zero-order chi connectivity index (χ0) is 46.1. The van der Waals surface area contributed by atoms with Crippen LogP contribution < -0.4 is 21.3 Å². The van der Waals surface area contributed by atoms with E-state index in [9.17, 15) is 4.79 Å². The molecule has 3 aliphatic rings. The van der Waals surface area contributed by atoms with Crippen molar-refractivity contribution in [3.05, 3.63) is 51.1 Å². The molecule has 0 saturated carbocycles. The number of fused-ring (bicyclic) bond motifs is 3. The van der Waals surface area contributed by atoms with Crippen LogP contribution in [0.2, 0.25) is 15.5 Å². The Morgan fingerprint density at radius 3 is 1.33 bits per heavy atom. The van der Waals surface area contributed by atoms with Gasteiger partial charge >= 0.3 is 6.09 Å². The van der Waals surface area contributed by atoms with Crippen LogP contribution in [-0.4, -0.2) is 152 Å². The minimum Gasteiger partial charge on any atom is -0.444 e. The largest absolute Gasteiger partial charge is 0.444 e. The summed E-state index contributed by atoms with van der Waals surface area (Å²) >= 11 is 18.2. The van der Waals surface area contributed by atoms with E-state index in [-0.39, 0.29) is 12.1 Å². The van der Waals surface area contributed by atoms with Crippen molar-refractivity contribution >= 4 is 81.7 Å².